The summed E-state index contributed by atoms with van der Waals surface area (Å²) >= 11 is 1.77. The van der Waals surface area contributed by atoms with Crippen molar-refractivity contribution < 1.29 is 4.79 Å². The zero-order valence-electron chi connectivity index (χ0n) is 10.7. The summed E-state index contributed by atoms with van der Waals surface area (Å²) in [5, 5.41) is 3.52. The molecule has 1 amide bonds. The molecule has 0 aliphatic heterocycles. The fraction of sp³-hybridized carbons (Fsp3) is 0.923. The molecule has 0 radical (unpaired) electrons. The average Bonchev–Trinajstić information content (AvgIpc) is 3.12. The maximum atomic E-state index is 11.6. The lowest BCUT2D eigenvalue weighted by atomic mass is 9.84. The van der Waals surface area contributed by atoms with Gasteiger partial charge in [-0.15, -0.1) is 11.8 Å². The van der Waals surface area contributed by atoms with Crippen LogP contribution in [0.15, 0.2) is 0 Å². The molecule has 3 atom stereocenters. The van der Waals surface area contributed by atoms with Gasteiger partial charge in [-0.05, 0) is 38.0 Å². The van der Waals surface area contributed by atoms with Gasteiger partial charge in [0.05, 0.1) is 5.75 Å². The number of carbonyl (C=O) groups excluding carboxylic acids is 1. The molecular formula is C13H24N2OS. The Balaban J connectivity index is 1.70. The van der Waals surface area contributed by atoms with Gasteiger partial charge < -0.3 is 11.1 Å². The van der Waals surface area contributed by atoms with Crippen LogP contribution in [0.2, 0.25) is 0 Å². The lowest BCUT2D eigenvalue weighted by molar-refractivity contribution is -0.118. The first-order chi connectivity index (χ1) is 8.19. The Morgan fingerprint density at radius 1 is 1.35 bits per heavy atom. The Hall–Kier alpha value is -0.220. The van der Waals surface area contributed by atoms with E-state index in [-0.39, 0.29) is 11.9 Å². The first kappa shape index (κ1) is 13.2. The summed E-state index contributed by atoms with van der Waals surface area (Å²) in [5.74, 6) is 1.60. The first-order valence-electron chi connectivity index (χ1n) is 6.85. The van der Waals surface area contributed by atoms with E-state index in [1.807, 2.05) is 0 Å². The second kappa shape index (κ2) is 6.10. The maximum absolute atomic E-state index is 11.6. The fourth-order valence-corrected chi connectivity index (χ4v) is 3.72. The minimum absolute atomic E-state index is 0.198. The van der Waals surface area contributed by atoms with E-state index < -0.39 is 0 Å². The van der Waals surface area contributed by atoms with Crippen LogP contribution in [0.3, 0.4) is 0 Å². The van der Waals surface area contributed by atoms with Gasteiger partial charge in [-0.2, -0.15) is 0 Å². The van der Waals surface area contributed by atoms with E-state index in [0.29, 0.717) is 17.0 Å². The Kier molecular flexibility index (Phi) is 4.74. The van der Waals surface area contributed by atoms with Gasteiger partial charge in [-0.1, -0.05) is 13.3 Å². The smallest absolute Gasteiger partial charge is 0.230 e. The van der Waals surface area contributed by atoms with Crippen molar-refractivity contribution in [1.29, 1.82) is 0 Å². The van der Waals surface area contributed by atoms with E-state index in [9.17, 15) is 4.79 Å². The molecule has 98 valence electrons. The molecule has 3 unspecified atom stereocenters. The molecule has 3 N–H and O–H groups in total. The Morgan fingerprint density at radius 3 is 2.76 bits per heavy atom. The second-order valence-corrected chi connectivity index (χ2v) is 6.67. The highest BCUT2D eigenvalue weighted by Crippen LogP contribution is 2.33. The molecule has 17 heavy (non-hydrogen) atoms. The van der Waals surface area contributed by atoms with Crippen molar-refractivity contribution in [3.8, 4) is 0 Å². The summed E-state index contributed by atoms with van der Waals surface area (Å²) in [6.07, 6.45) is 7.16. The summed E-state index contributed by atoms with van der Waals surface area (Å²) in [6.45, 7) is 2.25. The van der Waals surface area contributed by atoms with E-state index in [2.05, 4.69) is 12.2 Å². The van der Waals surface area contributed by atoms with Crippen molar-refractivity contribution in [2.75, 3.05) is 5.75 Å². The molecule has 0 heterocycles. The minimum atomic E-state index is 0.198. The van der Waals surface area contributed by atoms with Gasteiger partial charge in [-0.25, -0.2) is 0 Å². The first-order valence-corrected chi connectivity index (χ1v) is 7.90. The van der Waals surface area contributed by atoms with E-state index in [1.165, 1.54) is 19.3 Å². The van der Waals surface area contributed by atoms with Crippen molar-refractivity contribution in [3.63, 3.8) is 0 Å². The molecule has 0 aromatic rings. The minimum Gasteiger partial charge on any atom is -0.353 e. The molecule has 4 heteroatoms. The number of hydrogen-bond acceptors (Lipinski definition) is 3. The van der Waals surface area contributed by atoms with E-state index in [0.717, 1.165) is 25.2 Å². The highest BCUT2D eigenvalue weighted by molar-refractivity contribution is 8.00. The van der Waals surface area contributed by atoms with Gasteiger partial charge in [0.25, 0.3) is 0 Å². The molecule has 0 bridgehead atoms. The number of thioether (sulfide) groups is 1. The molecule has 2 aliphatic rings. The normalized spacial score (nSPS) is 33.4. The van der Waals surface area contributed by atoms with Crippen molar-refractivity contribution in [3.05, 3.63) is 0 Å². The maximum Gasteiger partial charge on any atom is 0.230 e. The molecule has 3 nitrogen and oxygen atoms in total. The SMILES string of the molecule is CCC1CCC(N)C(SCC(=O)NC2CC2)C1. The average molecular weight is 256 g/mol. The number of hydrogen-bond donors (Lipinski definition) is 2. The van der Waals surface area contributed by atoms with Crippen LogP contribution in [-0.4, -0.2) is 29.0 Å². The molecule has 2 rings (SSSR count). The molecule has 2 fully saturated rings. The molecule has 2 aliphatic carbocycles. The number of amides is 1. The summed E-state index contributed by atoms with van der Waals surface area (Å²) in [7, 11) is 0. The van der Waals surface area contributed by atoms with Crippen molar-refractivity contribution >= 4 is 17.7 Å². The molecular weight excluding hydrogens is 232 g/mol. The van der Waals surface area contributed by atoms with Gasteiger partial charge >= 0.3 is 0 Å². The third kappa shape index (κ3) is 4.18. The molecule has 0 aromatic heterocycles. The third-order valence-corrected chi connectivity index (χ3v) is 5.30. The lowest BCUT2D eigenvalue weighted by Crippen LogP contribution is -2.39. The number of nitrogens with one attached hydrogen (secondary N) is 1. The van der Waals surface area contributed by atoms with Crippen LogP contribution >= 0.6 is 11.8 Å². The standard InChI is InChI=1S/C13H24N2OS/c1-2-9-3-6-11(14)12(7-9)17-8-13(16)15-10-4-5-10/h9-12H,2-8,14H2,1H3,(H,15,16). The molecule has 0 saturated heterocycles. The van der Waals surface area contributed by atoms with Crippen LogP contribution in [0.25, 0.3) is 0 Å². The second-order valence-electron chi connectivity index (χ2n) is 5.44. The predicted octanol–water partition coefficient (Wildman–Crippen LogP) is 1.90. The largest absolute Gasteiger partial charge is 0.353 e. The number of rotatable bonds is 5. The van der Waals surface area contributed by atoms with Crippen LogP contribution in [0.4, 0.5) is 0 Å². The fourth-order valence-electron chi connectivity index (χ4n) is 2.48. The number of carbonyl (C=O) groups is 1. The Labute approximate surface area is 108 Å². The molecule has 2 saturated carbocycles. The molecule has 0 spiro atoms. The topological polar surface area (TPSA) is 55.1 Å². The van der Waals surface area contributed by atoms with Crippen molar-refractivity contribution in [2.24, 2.45) is 11.7 Å². The van der Waals surface area contributed by atoms with Gasteiger partial charge in [-0.3, -0.25) is 4.79 Å². The van der Waals surface area contributed by atoms with E-state index in [4.69, 9.17) is 5.73 Å². The zero-order valence-corrected chi connectivity index (χ0v) is 11.5. The monoisotopic (exact) mass is 256 g/mol. The Bertz CT molecular complexity index is 268. The van der Waals surface area contributed by atoms with Crippen LogP contribution in [0, 0.1) is 5.92 Å². The predicted molar refractivity (Wildman–Crippen MR) is 73.0 cm³/mol. The Morgan fingerprint density at radius 2 is 2.12 bits per heavy atom. The molecule has 0 aromatic carbocycles. The lowest BCUT2D eigenvalue weighted by Gasteiger charge is -2.33. The highest BCUT2D eigenvalue weighted by atomic mass is 32.2. The van der Waals surface area contributed by atoms with E-state index >= 15 is 0 Å². The highest BCUT2D eigenvalue weighted by Gasteiger charge is 2.29. The summed E-state index contributed by atoms with van der Waals surface area (Å²) in [6, 6.07) is 0.767. The van der Waals surface area contributed by atoms with Gasteiger partial charge in [0.2, 0.25) is 5.91 Å². The van der Waals surface area contributed by atoms with E-state index in [1.54, 1.807) is 11.8 Å². The number of nitrogens with two attached hydrogens (primary N) is 1. The quantitative estimate of drug-likeness (QED) is 0.790. The van der Waals surface area contributed by atoms with Crippen molar-refractivity contribution in [2.45, 2.75) is 62.8 Å². The van der Waals surface area contributed by atoms with Crippen molar-refractivity contribution in [1.82, 2.24) is 5.32 Å². The zero-order chi connectivity index (χ0) is 12.3. The summed E-state index contributed by atoms with van der Waals surface area (Å²) in [4.78, 5) is 11.6. The van der Waals surface area contributed by atoms with Crippen LogP contribution in [0.5, 0.6) is 0 Å². The van der Waals surface area contributed by atoms with Crippen LogP contribution < -0.4 is 11.1 Å². The van der Waals surface area contributed by atoms with Crippen LogP contribution in [0.1, 0.15) is 45.4 Å². The van der Waals surface area contributed by atoms with Gasteiger partial charge in [0.15, 0.2) is 0 Å². The van der Waals surface area contributed by atoms with Gasteiger partial charge in [0, 0.05) is 17.3 Å². The third-order valence-electron chi connectivity index (χ3n) is 3.90. The van der Waals surface area contributed by atoms with Crippen LogP contribution in [-0.2, 0) is 4.79 Å². The van der Waals surface area contributed by atoms with Gasteiger partial charge in [0.1, 0.15) is 0 Å². The summed E-state index contributed by atoms with van der Waals surface area (Å²) < 4.78 is 0. The summed E-state index contributed by atoms with van der Waals surface area (Å²) in [5.41, 5.74) is 6.14.